The van der Waals surface area contributed by atoms with Crippen LogP contribution in [0.5, 0.6) is 0 Å². The van der Waals surface area contributed by atoms with E-state index in [0.717, 1.165) is 6.54 Å². The fourth-order valence-electron chi connectivity index (χ4n) is 1.43. The third-order valence-electron chi connectivity index (χ3n) is 3.02. The summed E-state index contributed by atoms with van der Waals surface area (Å²) in [7, 11) is 0. The van der Waals surface area contributed by atoms with E-state index in [0.29, 0.717) is 15.9 Å². The molecule has 0 saturated carbocycles. The Labute approximate surface area is 123 Å². The summed E-state index contributed by atoms with van der Waals surface area (Å²) in [5.41, 5.74) is 5.78. The number of nitrogens with zero attached hydrogens (tertiary/aromatic N) is 1. The number of carbonyl (C=O) groups excluding carboxylic acids is 1. The Kier molecular flexibility index (Phi) is 6.22. The maximum atomic E-state index is 12.1. The zero-order valence-electron chi connectivity index (χ0n) is 12.4. The molecule has 1 aromatic heterocycles. The third kappa shape index (κ3) is 4.64. The van der Waals surface area contributed by atoms with Crippen LogP contribution >= 0.6 is 11.3 Å². The van der Waals surface area contributed by atoms with Gasteiger partial charge in [-0.05, 0) is 18.8 Å². The first-order valence-electron chi connectivity index (χ1n) is 6.77. The van der Waals surface area contributed by atoms with Gasteiger partial charge in [0, 0.05) is 19.2 Å². The van der Waals surface area contributed by atoms with Crippen molar-refractivity contribution in [3.05, 3.63) is 4.88 Å². The van der Waals surface area contributed by atoms with E-state index in [9.17, 15) is 4.79 Å². The molecule has 7 heteroatoms. The highest BCUT2D eigenvalue weighted by Crippen LogP contribution is 2.25. The molecule has 0 aliphatic carbocycles. The zero-order chi connectivity index (χ0) is 15.3. The number of hydrogen-bond donors (Lipinski definition) is 4. The van der Waals surface area contributed by atoms with Crippen LogP contribution in [0.15, 0.2) is 0 Å². The summed E-state index contributed by atoms with van der Waals surface area (Å²) in [6.45, 7) is 8.72. The smallest absolute Gasteiger partial charge is 0.265 e. The molecule has 114 valence electrons. The SMILES string of the molecule is CC(C)CNc1nc(N)c(C(=O)NC(C)C(C)CO)s1. The van der Waals surface area contributed by atoms with Crippen molar-refractivity contribution in [2.75, 3.05) is 24.2 Å². The summed E-state index contributed by atoms with van der Waals surface area (Å²) in [5, 5.41) is 15.7. The van der Waals surface area contributed by atoms with Gasteiger partial charge in [0.25, 0.3) is 5.91 Å². The monoisotopic (exact) mass is 300 g/mol. The number of aliphatic hydroxyl groups excluding tert-OH is 1. The molecule has 0 radical (unpaired) electrons. The summed E-state index contributed by atoms with van der Waals surface area (Å²) in [4.78, 5) is 16.7. The molecule has 6 nitrogen and oxygen atoms in total. The fraction of sp³-hybridized carbons (Fsp3) is 0.692. The van der Waals surface area contributed by atoms with Gasteiger partial charge in [-0.3, -0.25) is 4.79 Å². The van der Waals surface area contributed by atoms with Crippen molar-refractivity contribution in [1.29, 1.82) is 0 Å². The van der Waals surface area contributed by atoms with Gasteiger partial charge >= 0.3 is 0 Å². The zero-order valence-corrected chi connectivity index (χ0v) is 13.3. The Morgan fingerprint density at radius 2 is 2.05 bits per heavy atom. The minimum Gasteiger partial charge on any atom is -0.396 e. The molecular formula is C13H24N4O2S. The van der Waals surface area contributed by atoms with Gasteiger partial charge in [0.1, 0.15) is 10.7 Å². The molecule has 0 bridgehead atoms. The number of amides is 1. The van der Waals surface area contributed by atoms with Crippen molar-refractivity contribution >= 4 is 28.2 Å². The Bertz CT molecular complexity index is 448. The van der Waals surface area contributed by atoms with Crippen LogP contribution in [-0.4, -0.2) is 35.2 Å². The van der Waals surface area contributed by atoms with Gasteiger partial charge in [-0.1, -0.05) is 32.1 Å². The number of thiazole rings is 1. The van der Waals surface area contributed by atoms with Crippen LogP contribution in [0.1, 0.15) is 37.4 Å². The van der Waals surface area contributed by atoms with Crippen molar-refractivity contribution in [2.45, 2.75) is 33.7 Å². The average molecular weight is 300 g/mol. The summed E-state index contributed by atoms with van der Waals surface area (Å²) in [6, 6.07) is -0.124. The predicted molar refractivity (Wildman–Crippen MR) is 83.0 cm³/mol. The second-order valence-electron chi connectivity index (χ2n) is 5.43. The molecule has 1 rings (SSSR count). The van der Waals surface area contributed by atoms with E-state index in [2.05, 4.69) is 29.5 Å². The highest BCUT2D eigenvalue weighted by atomic mass is 32.1. The van der Waals surface area contributed by atoms with E-state index in [-0.39, 0.29) is 30.3 Å². The molecule has 5 N–H and O–H groups in total. The minimum atomic E-state index is -0.245. The molecule has 0 aliphatic heterocycles. The van der Waals surface area contributed by atoms with Crippen LogP contribution in [0.2, 0.25) is 0 Å². The fourth-order valence-corrected chi connectivity index (χ4v) is 2.23. The highest BCUT2D eigenvalue weighted by Gasteiger charge is 2.20. The first-order valence-corrected chi connectivity index (χ1v) is 7.58. The molecule has 20 heavy (non-hydrogen) atoms. The van der Waals surface area contributed by atoms with Crippen LogP contribution in [0, 0.1) is 11.8 Å². The molecular weight excluding hydrogens is 276 g/mol. The molecule has 2 unspecified atom stereocenters. The van der Waals surface area contributed by atoms with Crippen LogP contribution < -0.4 is 16.4 Å². The number of carbonyl (C=O) groups is 1. The van der Waals surface area contributed by atoms with Crippen molar-refractivity contribution in [3.63, 3.8) is 0 Å². The normalized spacial score (nSPS) is 14.1. The van der Waals surface area contributed by atoms with E-state index < -0.39 is 0 Å². The average Bonchev–Trinajstić information content (AvgIpc) is 2.76. The van der Waals surface area contributed by atoms with Crippen LogP contribution in [0.4, 0.5) is 10.9 Å². The number of aromatic nitrogens is 1. The third-order valence-corrected chi connectivity index (χ3v) is 4.05. The first kappa shape index (κ1) is 16.7. The highest BCUT2D eigenvalue weighted by molar-refractivity contribution is 7.18. The van der Waals surface area contributed by atoms with Crippen molar-refractivity contribution in [1.82, 2.24) is 10.3 Å². The molecule has 0 aliphatic rings. The summed E-state index contributed by atoms with van der Waals surface area (Å²) >= 11 is 1.25. The van der Waals surface area contributed by atoms with E-state index in [1.807, 2.05) is 13.8 Å². The molecule has 0 fully saturated rings. The lowest BCUT2D eigenvalue weighted by molar-refractivity contribution is 0.0921. The Morgan fingerprint density at radius 1 is 1.40 bits per heavy atom. The molecule has 1 amide bonds. The van der Waals surface area contributed by atoms with Crippen LogP contribution in [-0.2, 0) is 0 Å². The first-order chi connectivity index (χ1) is 9.35. The van der Waals surface area contributed by atoms with Gasteiger partial charge < -0.3 is 21.5 Å². The van der Waals surface area contributed by atoms with Gasteiger partial charge in [0.2, 0.25) is 0 Å². The summed E-state index contributed by atoms with van der Waals surface area (Å²) < 4.78 is 0. The van der Waals surface area contributed by atoms with Gasteiger partial charge in [0.05, 0.1) is 0 Å². The van der Waals surface area contributed by atoms with E-state index in [4.69, 9.17) is 10.8 Å². The molecule has 0 saturated heterocycles. The number of hydrogen-bond acceptors (Lipinski definition) is 6. The number of nitrogens with one attached hydrogen (secondary N) is 2. The lowest BCUT2D eigenvalue weighted by Gasteiger charge is -2.18. The van der Waals surface area contributed by atoms with Gasteiger partial charge in [-0.25, -0.2) is 4.98 Å². The maximum absolute atomic E-state index is 12.1. The lowest BCUT2D eigenvalue weighted by Crippen LogP contribution is -2.38. The lowest BCUT2D eigenvalue weighted by atomic mass is 10.1. The Hall–Kier alpha value is -1.34. The summed E-state index contributed by atoms with van der Waals surface area (Å²) in [6.07, 6.45) is 0. The number of aliphatic hydroxyl groups is 1. The van der Waals surface area contributed by atoms with Crippen LogP contribution in [0.3, 0.4) is 0 Å². The minimum absolute atomic E-state index is 0.00775. The second-order valence-corrected chi connectivity index (χ2v) is 6.43. The molecule has 1 heterocycles. The van der Waals surface area contributed by atoms with Crippen molar-refractivity contribution < 1.29 is 9.90 Å². The van der Waals surface area contributed by atoms with Crippen molar-refractivity contribution in [2.24, 2.45) is 11.8 Å². The van der Waals surface area contributed by atoms with Crippen LogP contribution in [0.25, 0.3) is 0 Å². The Balaban J connectivity index is 2.68. The molecule has 0 spiro atoms. The largest absolute Gasteiger partial charge is 0.396 e. The van der Waals surface area contributed by atoms with Gasteiger partial charge in [-0.2, -0.15) is 0 Å². The standard InChI is InChI=1S/C13H24N4O2S/c1-7(2)5-15-13-17-11(14)10(20-13)12(19)16-9(4)8(3)6-18/h7-9,18H,5-6,14H2,1-4H3,(H,15,17)(H,16,19). The van der Waals surface area contributed by atoms with E-state index in [1.165, 1.54) is 11.3 Å². The van der Waals surface area contributed by atoms with Crippen molar-refractivity contribution in [3.8, 4) is 0 Å². The number of nitrogen functional groups attached to an aromatic ring is 1. The quantitative estimate of drug-likeness (QED) is 0.612. The number of anilines is 2. The maximum Gasteiger partial charge on any atom is 0.265 e. The molecule has 0 aromatic carbocycles. The Morgan fingerprint density at radius 3 is 2.60 bits per heavy atom. The number of nitrogens with two attached hydrogens (primary N) is 1. The predicted octanol–water partition coefficient (Wildman–Crippen LogP) is 1.54. The molecule has 1 aromatic rings. The van der Waals surface area contributed by atoms with Gasteiger partial charge in [0.15, 0.2) is 5.13 Å². The van der Waals surface area contributed by atoms with E-state index in [1.54, 1.807) is 0 Å². The number of rotatable bonds is 7. The van der Waals surface area contributed by atoms with Gasteiger partial charge in [-0.15, -0.1) is 0 Å². The second kappa shape index (κ2) is 7.44. The molecule has 2 atom stereocenters. The topological polar surface area (TPSA) is 100 Å². The summed E-state index contributed by atoms with van der Waals surface area (Å²) in [5.74, 6) is 0.475. The van der Waals surface area contributed by atoms with E-state index >= 15 is 0 Å².